The predicted molar refractivity (Wildman–Crippen MR) is 82.0 cm³/mol. The molecular weight excluding hydrogens is 328 g/mol. The zero-order chi connectivity index (χ0) is 13.8. The number of nitrogens with zero attached hydrogens (tertiary/aromatic N) is 1. The molecule has 2 aromatic rings. The highest BCUT2D eigenvalue weighted by molar-refractivity contribution is 9.10. The molecule has 5 heteroatoms. The Kier molecular flexibility index (Phi) is 4.66. The second kappa shape index (κ2) is 6.26. The monoisotopic (exact) mass is 340 g/mol. The maximum absolute atomic E-state index is 6.07. The van der Waals surface area contributed by atoms with E-state index in [1.165, 1.54) is 0 Å². The summed E-state index contributed by atoms with van der Waals surface area (Å²) in [5.74, 6) is 0.819. The zero-order valence-corrected chi connectivity index (χ0v) is 13.0. The van der Waals surface area contributed by atoms with Crippen molar-refractivity contribution in [2.45, 2.75) is 13.5 Å². The van der Waals surface area contributed by atoms with Crippen LogP contribution in [0.2, 0.25) is 5.15 Å². The van der Waals surface area contributed by atoms with Crippen LogP contribution in [0.4, 0.5) is 5.69 Å². The summed E-state index contributed by atoms with van der Waals surface area (Å²) in [4.78, 5) is 4.07. The zero-order valence-electron chi connectivity index (χ0n) is 10.7. The molecule has 0 unspecified atom stereocenters. The number of aryl methyl sites for hydroxylation is 1. The Morgan fingerprint density at radius 1 is 1.37 bits per heavy atom. The van der Waals surface area contributed by atoms with Gasteiger partial charge in [0.15, 0.2) is 5.15 Å². The van der Waals surface area contributed by atoms with Crippen LogP contribution < -0.4 is 10.1 Å². The highest BCUT2D eigenvalue weighted by Gasteiger charge is 2.06. The van der Waals surface area contributed by atoms with Gasteiger partial charge >= 0.3 is 0 Å². The van der Waals surface area contributed by atoms with Crippen molar-refractivity contribution in [1.82, 2.24) is 4.98 Å². The molecule has 100 valence electrons. The lowest BCUT2D eigenvalue weighted by Crippen LogP contribution is -2.02. The summed E-state index contributed by atoms with van der Waals surface area (Å²) in [5.41, 5.74) is 3.08. The fraction of sp³-hybridized carbons (Fsp3) is 0.214. The number of nitrogens with one attached hydrogen (secondary N) is 1. The molecule has 3 nitrogen and oxygen atoms in total. The molecule has 1 aromatic heterocycles. The van der Waals surface area contributed by atoms with E-state index >= 15 is 0 Å². The summed E-state index contributed by atoms with van der Waals surface area (Å²) in [5, 5.41) is 3.80. The van der Waals surface area contributed by atoms with Gasteiger partial charge in [-0.15, -0.1) is 0 Å². The first-order valence-electron chi connectivity index (χ1n) is 5.79. The second-order valence-electron chi connectivity index (χ2n) is 4.12. The summed E-state index contributed by atoms with van der Waals surface area (Å²) in [6, 6.07) is 7.89. The van der Waals surface area contributed by atoms with Crippen LogP contribution in [0.1, 0.15) is 11.1 Å². The van der Waals surface area contributed by atoms with E-state index in [-0.39, 0.29) is 0 Å². The third-order valence-electron chi connectivity index (χ3n) is 2.80. The van der Waals surface area contributed by atoms with Crippen LogP contribution in [-0.4, -0.2) is 12.1 Å². The number of hydrogen-bond acceptors (Lipinski definition) is 3. The Hall–Kier alpha value is -1.26. The van der Waals surface area contributed by atoms with Crippen molar-refractivity contribution in [1.29, 1.82) is 0 Å². The van der Waals surface area contributed by atoms with Gasteiger partial charge in [0.1, 0.15) is 5.75 Å². The average molecular weight is 342 g/mol. The van der Waals surface area contributed by atoms with Crippen LogP contribution in [0.3, 0.4) is 0 Å². The van der Waals surface area contributed by atoms with Crippen LogP contribution in [-0.2, 0) is 6.54 Å². The van der Waals surface area contributed by atoms with Crippen LogP contribution >= 0.6 is 27.5 Å². The first-order chi connectivity index (χ1) is 9.11. The number of ether oxygens (including phenoxy) is 1. The number of aromatic nitrogens is 1. The van der Waals surface area contributed by atoms with Gasteiger partial charge in [-0.05, 0) is 52.2 Å². The van der Waals surface area contributed by atoms with Crippen molar-refractivity contribution in [3.8, 4) is 5.75 Å². The number of rotatable bonds is 4. The third kappa shape index (κ3) is 3.39. The minimum absolute atomic E-state index is 0.493. The van der Waals surface area contributed by atoms with E-state index in [1.54, 1.807) is 13.3 Å². The van der Waals surface area contributed by atoms with Crippen molar-refractivity contribution >= 4 is 33.2 Å². The average Bonchev–Trinajstić information content (AvgIpc) is 2.38. The Bertz CT molecular complexity index is 569. The molecule has 0 saturated heterocycles. The molecule has 0 amide bonds. The van der Waals surface area contributed by atoms with Gasteiger partial charge in [0.25, 0.3) is 0 Å². The van der Waals surface area contributed by atoms with Crippen LogP contribution in [0.25, 0.3) is 0 Å². The van der Waals surface area contributed by atoms with E-state index in [9.17, 15) is 0 Å². The summed E-state index contributed by atoms with van der Waals surface area (Å²) in [6.45, 7) is 2.68. The van der Waals surface area contributed by atoms with Crippen molar-refractivity contribution in [3.63, 3.8) is 0 Å². The van der Waals surface area contributed by atoms with E-state index in [4.69, 9.17) is 16.3 Å². The standard InChI is InChI=1S/C14H14BrClN2O/c1-9-5-6-17-14(16)13(9)18-8-10-3-4-12(19-2)11(15)7-10/h3-7,18H,8H2,1-2H3. The maximum atomic E-state index is 6.07. The summed E-state index contributed by atoms with van der Waals surface area (Å²) in [6.07, 6.45) is 1.70. The van der Waals surface area contributed by atoms with E-state index in [0.717, 1.165) is 27.0 Å². The van der Waals surface area contributed by atoms with Crippen molar-refractivity contribution in [3.05, 3.63) is 51.2 Å². The third-order valence-corrected chi connectivity index (χ3v) is 3.70. The van der Waals surface area contributed by atoms with E-state index in [2.05, 4.69) is 26.2 Å². The lowest BCUT2D eigenvalue weighted by Gasteiger charge is -2.11. The number of halogens is 2. The lowest BCUT2D eigenvalue weighted by atomic mass is 10.2. The first kappa shape index (κ1) is 14.2. The lowest BCUT2D eigenvalue weighted by molar-refractivity contribution is 0.412. The number of anilines is 1. The van der Waals surface area contributed by atoms with Gasteiger partial charge in [-0.25, -0.2) is 4.98 Å². The van der Waals surface area contributed by atoms with Gasteiger partial charge in [-0.1, -0.05) is 17.7 Å². The quantitative estimate of drug-likeness (QED) is 0.836. The minimum atomic E-state index is 0.493. The molecule has 2 rings (SSSR count). The van der Waals surface area contributed by atoms with Crippen molar-refractivity contribution < 1.29 is 4.74 Å². The maximum Gasteiger partial charge on any atom is 0.152 e. The Labute approximate surface area is 126 Å². The van der Waals surface area contributed by atoms with Crippen molar-refractivity contribution in [2.24, 2.45) is 0 Å². The molecule has 0 atom stereocenters. The number of hydrogen-bond donors (Lipinski definition) is 1. The highest BCUT2D eigenvalue weighted by Crippen LogP contribution is 2.27. The molecular formula is C14H14BrClN2O. The molecule has 0 spiro atoms. The fourth-order valence-corrected chi connectivity index (χ4v) is 2.61. The van der Waals surface area contributed by atoms with E-state index < -0.39 is 0 Å². The minimum Gasteiger partial charge on any atom is -0.496 e. The SMILES string of the molecule is COc1ccc(CNc2c(C)ccnc2Cl)cc1Br. The molecule has 1 aromatic carbocycles. The van der Waals surface area contributed by atoms with E-state index in [1.807, 2.05) is 31.2 Å². The van der Waals surface area contributed by atoms with Gasteiger partial charge in [-0.3, -0.25) is 0 Å². The van der Waals surface area contributed by atoms with Crippen LogP contribution in [0, 0.1) is 6.92 Å². The van der Waals surface area contributed by atoms with Crippen LogP contribution in [0.15, 0.2) is 34.9 Å². The molecule has 1 N–H and O–H groups in total. The number of benzene rings is 1. The summed E-state index contributed by atoms with van der Waals surface area (Å²) >= 11 is 9.54. The Morgan fingerprint density at radius 2 is 2.16 bits per heavy atom. The molecule has 1 heterocycles. The summed E-state index contributed by atoms with van der Waals surface area (Å²) < 4.78 is 6.14. The van der Waals surface area contributed by atoms with E-state index in [0.29, 0.717) is 11.7 Å². The van der Waals surface area contributed by atoms with Crippen molar-refractivity contribution in [2.75, 3.05) is 12.4 Å². The summed E-state index contributed by atoms with van der Waals surface area (Å²) in [7, 11) is 1.65. The smallest absolute Gasteiger partial charge is 0.152 e. The largest absolute Gasteiger partial charge is 0.496 e. The molecule has 19 heavy (non-hydrogen) atoms. The number of pyridine rings is 1. The number of methoxy groups -OCH3 is 1. The van der Waals surface area contributed by atoms with Gasteiger partial charge in [0.2, 0.25) is 0 Å². The normalized spacial score (nSPS) is 10.3. The van der Waals surface area contributed by atoms with Gasteiger partial charge in [-0.2, -0.15) is 0 Å². The second-order valence-corrected chi connectivity index (χ2v) is 5.33. The molecule has 0 aliphatic rings. The van der Waals surface area contributed by atoms with Gasteiger partial charge in [0.05, 0.1) is 17.3 Å². The molecule has 0 radical (unpaired) electrons. The molecule has 0 aliphatic carbocycles. The van der Waals surface area contributed by atoms with Crippen LogP contribution in [0.5, 0.6) is 5.75 Å². The molecule has 0 bridgehead atoms. The topological polar surface area (TPSA) is 34.1 Å². The first-order valence-corrected chi connectivity index (χ1v) is 6.96. The Morgan fingerprint density at radius 3 is 2.79 bits per heavy atom. The molecule has 0 saturated carbocycles. The van der Waals surface area contributed by atoms with Gasteiger partial charge in [0, 0.05) is 12.7 Å². The highest BCUT2D eigenvalue weighted by atomic mass is 79.9. The fourth-order valence-electron chi connectivity index (χ4n) is 1.75. The predicted octanol–water partition coefficient (Wildman–Crippen LogP) is 4.43. The van der Waals surface area contributed by atoms with Gasteiger partial charge < -0.3 is 10.1 Å². The molecule has 0 fully saturated rings. The Balaban J connectivity index is 2.13. The molecule has 0 aliphatic heterocycles.